The molecule has 10 nitrogen and oxygen atoms in total. The molecule has 0 bridgehead atoms. The van der Waals surface area contributed by atoms with E-state index in [1.165, 1.54) is 24.3 Å². The first kappa shape index (κ1) is 22.3. The molecule has 1 aliphatic heterocycles. The van der Waals surface area contributed by atoms with Crippen LogP contribution in [0.3, 0.4) is 0 Å². The summed E-state index contributed by atoms with van der Waals surface area (Å²) in [6, 6.07) is 9.57. The average Bonchev–Trinajstić information content (AvgIpc) is 2.73. The van der Waals surface area contributed by atoms with E-state index in [4.69, 9.17) is 14.8 Å². The van der Waals surface area contributed by atoms with E-state index in [0.29, 0.717) is 18.3 Å². The third kappa shape index (κ3) is 6.07. The summed E-state index contributed by atoms with van der Waals surface area (Å²) in [5.74, 6) is 6.11. The zero-order valence-corrected chi connectivity index (χ0v) is 17.8. The van der Waals surface area contributed by atoms with Crippen LogP contribution in [0.2, 0.25) is 0 Å². The fraction of sp³-hybridized carbons (Fsp3) is 0.350. The van der Waals surface area contributed by atoms with Crippen molar-refractivity contribution in [2.24, 2.45) is 16.9 Å². The Morgan fingerprint density at radius 1 is 1.23 bits per heavy atom. The van der Waals surface area contributed by atoms with Crippen LogP contribution in [0.15, 0.2) is 52.5 Å². The minimum absolute atomic E-state index is 0.0792. The molecular weight excluding hydrogens is 424 g/mol. The van der Waals surface area contributed by atoms with Gasteiger partial charge in [-0.05, 0) is 49.4 Å². The predicted octanol–water partition coefficient (Wildman–Crippen LogP) is 2.66. The Kier molecular flexibility index (Phi) is 6.95. The van der Waals surface area contributed by atoms with Crippen molar-refractivity contribution in [3.05, 3.63) is 58.1 Å². The second-order valence-electron chi connectivity index (χ2n) is 7.33. The number of nitrogens with zero attached hydrogens (tertiary/aromatic N) is 3. The van der Waals surface area contributed by atoms with Crippen molar-refractivity contribution in [3.63, 3.8) is 0 Å². The number of nitro benzene ring substituents is 1. The summed E-state index contributed by atoms with van der Waals surface area (Å²) in [5.41, 5.74) is 0.428. The van der Waals surface area contributed by atoms with Crippen LogP contribution in [-0.2, 0) is 10.1 Å². The van der Waals surface area contributed by atoms with Crippen LogP contribution in [0, 0.1) is 23.0 Å². The van der Waals surface area contributed by atoms with Gasteiger partial charge in [0.1, 0.15) is 22.7 Å². The highest BCUT2D eigenvalue weighted by Crippen LogP contribution is 2.28. The van der Waals surface area contributed by atoms with E-state index in [2.05, 4.69) is 5.10 Å². The van der Waals surface area contributed by atoms with Gasteiger partial charge in [-0.15, -0.1) is 0 Å². The topological polar surface area (TPSA) is 137 Å². The van der Waals surface area contributed by atoms with Gasteiger partial charge >= 0.3 is 10.1 Å². The zero-order valence-electron chi connectivity index (χ0n) is 17.0. The summed E-state index contributed by atoms with van der Waals surface area (Å²) in [7, 11) is -4.24. The van der Waals surface area contributed by atoms with Gasteiger partial charge in [0.25, 0.3) is 5.69 Å². The molecule has 1 heterocycles. The van der Waals surface area contributed by atoms with Gasteiger partial charge in [-0.1, -0.05) is 6.07 Å². The van der Waals surface area contributed by atoms with Crippen molar-refractivity contribution < 1.29 is 22.3 Å². The molecule has 0 spiro atoms. The number of benzene rings is 2. The fourth-order valence-electron chi connectivity index (χ4n) is 3.32. The lowest BCUT2D eigenvalue weighted by Gasteiger charge is -2.30. The van der Waals surface area contributed by atoms with Crippen molar-refractivity contribution in [1.29, 1.82) is 0 Å². The monoisotopic (exact) mass is 448 g/mol. The van der Waals surface area contributed by atoms with E-state index in [1.54, 1.807) is 25.4 Å². The third-order valence-corrected chi connectivity index (χ3v) is 6.16. The number of hydrazone groups is 1. The molecule has 1 aliphatic rings. The van der Waals surface area contributed by atoms with E-state index in [9.17, 15) is 18.5 Å². The number of hydrogen-bond acceptors (Lipinski definition) is 8. The van der Waals surface area contributed by atoms with Crippen LogP contribution < -0.4 is 14.8 Å². The van der Waals surface area contributed by atoms with E-state index in [1.807, 2.05) is 4.90 Å². The summed E-state index contributed by atoms with van der Waals surface area (Å²) >= 11 is 0. The van der Waals surface area contributed by atoms with Crippen molar-refractivity contribution in [3.8, 4) is 11.5 Å². The number of nitrogens with two attached hydrogens (primary N) is 1. The summed E-state index contributed by atoms with van der Waals surface area (Å²) in [4.78, 5) is 12.0. The Bertz CT molecular complexity index is 1070. The highest BCUT2D eigenvalue weighted by atomic mass is 32.2. The maximum atomic E-state index is 12.6. The Morgan fingerprint density at radius 2 is 1.94 bits per heavy atom. The molecular formula is C20H24N4O6S. The summed E-state index contributed by atoms with van der Waals surface area (Å²) in [6.07, 6.45) is 3.49. The largest absolute Gasteiger partial charge is 0.493 e. The second kappa shape index (κ2) is 9.65. The van der Waals surface area contributed by atoms with Crippen LogP contribution >= 0.6 is 0 Å². The Labute approximate surface area is 180 Å². The van der Waals surface area contributed by atoms with Gasteiger partial charge in [0.15, 0.2) is 0 Å². The number of non-ortho nitro benzene ring substituents is 1. The summed E-state index contributed by atoms with van der Waals surface area (Å²) in [6.45, 7) is 3.98. The maximum absolute atomic E-state index is 12.6. The minimum atomic E-state index is -4.24. The number of rotatable bonds is 8. The number of nitro groups is 1. The van der Waals surface area contributed by atoms with Gasteiger partial charge in [0.2, 0.25) is 0 Å². The molecule has 11 heteroatoms. The lowest BCUT2D eigenvalue weighted by Crippen LogP contribution is -2.34. The molecule has 1 fully saturated rings. The maximum Gasteiger partial charge on any atom is 0.339 e. The van der Waals surface area contributed by atoms with Crippen LogP contribution in [0.5, 0.6) is 11.5 Å². The SMILES string of the molecule is Cc1cc(OCC2CCN(C=NN)CC2)cc(OS(=O)(=O)c2cccc([N+](=O)[O-])c2)c1. The van der Waals surface area contributed by atoms with Crippen molar-refractivity contribution in [2.75, 3.05) is 19.7 Å². The van der Waals surface area contributed by atoms with Gasteiger partial charge in [-0.2, -0.15) is 13.5 Å². The van der Waals surface area contributed by atoms with Crippen molar-refractivity contribution >= 4 is 22.1 Å². The molecule has 0 saturated carbocycles. The molecule has 0 atom stereocenters. The predicted molar refractivity (Wildman–Crippen MR) is 115 cm³/mol. The first-order valence-corrected chi connectivity index (χ1v) is 11.1. The van der Waals surface area contributed by atoms with Crippen LogP contribution in [0.4, 0.5) is 5.69 Å². The standard InChI is InChI=1S/C20H24N4O6S/c1-15-9-18(29-13-16-5-7-23(8-6-16)14-22-21)12-19(10-15)30-31(27,28)20-4-2-3-17(11-20)24(25)26/h2-4,9-12,14,16H,5-8,13,21H2,1H3. The first-order valence-electron chi connectivity index (χ1n) is 9.68. The van der Waals surface area contributed by atoms with Gasteiger partial charge in [-0.3, -0.25) is 10.1 Å². The highest BCUT2D eigenvalue weighted by molar-refractivity contribution is 7.87. The Morgan fingerprint density at radius 3 is 2.61 bits per heavy atom. The fourth-order valence-corrected chi connectivity index (χ4v) is 4.27. The van der Waals surface area contributed by atoms with E-state index >= 15 is 0 Å². The molecule has 2 N–H and O–H groups in total. The molecule has 1 saturated heterocycles. The molecule has 3 rings (SSSR count). The van der Waals surface area contributed by atoms with E-state index in [-0.39, 0.29) is 16.3 Å². The van der Waals surface area contributed by atoms with Crippen LogP contribution in [0.1, 0.15) is 18.4 Å². The van der Waals surface area contributed by atoms with Gasteiger partial charge in [-0.25, -0.2) is 0 Å². The number of ether oxygens (including phenoxy) is 1. The molecule has 2 aromatic carbocycles. The molecule has 0 amide bonds. The average molecular weight is 449 g/mol. The van der Waals surface area contributed by atoms with Crippen LogP contribution in [-0.4, -0.2) is 44.3 Å². The van der Waals surface area contributed by atoms with Gasteiger partial charge in [0, 0.05) is 31.3 Å². The van der Waals surface area contributed by atoms with E-state index in [0.717, 1.165) is 37.6 Å². The molecule has 0 unspecified atom stereocenters. The number of aryl methyl sites for hydroxylation is 1. The van der Waals surface area contributed by atoms with Crippen LogP contribution in [0.25, 0.3) is 0 Å². The number of hydrogen-bond donors (Lipinski definition) is 1. The van der Waals surface area contributed by atoms with Gasteiger partial charge < -0.3 is 19.7 Å². The number of likely N-dealkylation sites (tertiary alicyclic amines) is 1. The first-order chi connectivity index (χ1) is 14.8. The zero-order chi connectivity index (χ0) is 22.4. The third-order valence-electron chi connectivity index (χ3n) is 4.91. The van der Waals surface area contributed by atoms with Crippen molar-refractivity contribution in [1.82, 2.24) is 4.90 Å². The molecule has 31 heavy (non-hydrogen) atoms. The smallest absolute Gasteiger partial charge is 0.339 e. The highest BCUT2D eigenvalue weighted by Gasteiger charge is 2.21. The number of piperidine rings is 1. The summed E-state index contributed by atoms with van der Waals surface area (Å²) < 4.78 is 36.3. The van der Waals surface area contributed by atoms with E-state index < -0.39 is 15.0 Å². The second-order valence-corrected chi connectivity index (χ2v) is 8.87. The lowest BCUT2D eigenvalue weighted by atomic mass is 9.98. The molecule has 0 aromatic heterocycles. The molecule has 166 valence electrons. The molecule has 0 radical (unpaired) electrons. The Hall–Kier alpha value is -3.34. The normalized spacial score (nSPS) is 15.2. The Balaban J connectivity index is 1.67. The quantitative estimate of drug-likeness (QED) is 0.162. The van der Waals surface area contributed by atoms with Gasteiger partial charge in [0.05, 0.1) is 11.5 Å². The lowest BCUT2D eigenvalue weighted by molar-refractivity contribution is -0.385. The van der Waals surface area contributed by atoms with Crippen molar-refractivity contribution in [2.45, 2.75) is 24.7 Å². The summed E-state index contributed by atoms with van der Waals surface area (Å²) in [5, 5.41) is 14.5. The minimum Gasteiger partial charge on any atom is -0.493 e. The molecule has 2 aromatic rings. The molecule has 0 aliphatic carbocycles.